The summed E-state index contributed by atoms with van der Waals surface area (Å²) in [6.45, 7) is 7.35. The minimum atomic E-state index is -3.48. The molecule has 2 aliphatic heterocycles. The summed E-state index contributed by atoms with van der Waals surface area (Å²) in [5.41, 5.74) is 0.248. The zero-order valence-corrected chi connectivity index (χ0v) is 18.9. The minimum Gasteiger partial charge on any atom is -0.339 e. The quantitative estimate of drug-likeness (QED) is 0.683. The van der Waals surface area contributed by atoms with Gasteiger partial charge in [-0.05, 0) is 44.7 Å². The van der Waals surface area contributed by atoms with E-state index in [-0.39, 0.29) is 28.0 Å². The summed E-state index contributed by atoms with van der Waals surface area (Å²) >= 11 is 0. The van der Waals surface area contributed by atoms with Crippen molar-refractivity contribution in [1.82, 2.24) is 14.7 Å². The van der Waals surface area contributed by atoms with E-state index < -0.39 is 9.84 Å². The van der Waals surface area contributed by atoms with Gasteiger partial charge in [0.15, 0.2) is 9.84 Å². The molecule has 2 heterocycles. The molecule has 2 saturated heterocycles. The molecule has 0 saturated carbocycles. The van der Waals surface area contributed by atoms with Crippen LogP contribution in [0.1, 0.15) is 49.9 Å². The molecule has 30 heavy (non-hydrogen) atoms. The van der Waals surface area contributed by atoms with Gasteiger partial charge in [-0.2, -0.15) is 0 Å². The Balaban J connectivity index is 1.60. The predicted molar refractivity (Wildman–Crippen MR) is 116 cm³/mol. The van der Waals surface area contributed by atoms with Gasteiger partial charge in [0.1, 0.15) is 0 Å². The van der Waals surface area contributed by atoms with Crippen LogP contribution in [0.25, 0.3) is 0 Å². The number of carbonyl (C=O) groups is 2. The van der Waals surface area contributed by atoms with Crippen LogP contribution in [0.15, 0.2) is 29.2 Å². The van der Waals surface area contributed by atoms with Crippen molar-refractivity contribution >= 4 is 21.7 Å². The average molecular weight is 436 g/mol. The van der Waals surface area contributed by atoms with Gasteiger partial charge in [-0.3, -0.25) is 14.5 Å². The van der Waals surface area contributed by atoms with Crippen LogP contribution < -0.4 is 0 Å². The molecule has 0 aromatic heterocycles. The van der Waals surface area contributed by atoms with Gasteiger partial charge >= 0.3 is 0 Å². The fourth-order valence-corrected chi connectivity index (χ4v) is 5.86. The van der Waals surface area contributed by atoms with Gasteiger partial charge in [0.05, 0.1) is 22.8 Å². The summed E-state index contributed by atoms with van der Waals surface area (Å²) in [6.07, 6.45) is 3.82. The molecule has 166 valence electrons. The van der Waals surface area contributed by atoms with Crippen molar-refractivity contribution < 1.29 is 18.0 Å². The molecule has 1 aromatic carbocycles. The number of benzene rings is 1. The molecule has 7 nitrogen and oxygen atoms in total. The molecule has 1 aromatic rings. The monoisotopic (exact) mass is 435 g/mol. The molecule has 2 fully saturated rings. The first-order chi connectivity index (χ1) is 14.3. The van der Waals surface area contributed by atoms with Gasteiger partial charge in [-0.15, -0.1) is 0 Å². The van der Waals surface area contributed by atoms with Crippen LogP contribution in [-0.2, 0) is 14.6 Å². The highest BCUT2D eigenvalue weighted by atomic mass is 32.2. The van der Waals surface area contributed by atoms with Crippen LogP contribution in [0.4, 0.5) is 0 Å². The number of likely N-dealkylation sites (tertiary alicyclic amines) is 1. The molecular formula is C22H33N3O4S. The fourth-order valence-electron chi connectivity index (χ4n) is 4.32. The van der Waals surface area contributed by atoms with Gasteiger partial charge in [0, 0.05) is 38.8 Å². The molecule has 0 radical (unpaired) electrons. The number of piperidine rings is 1. The van der Waals surface area contributed by atoms with Crippen LogP contribution in [0, 0.1) is 0 Å². The highest BCUT2D eigenvalue weighted by molar-refractivity contribution is 7.91. The number of nitrogens with zero attached hydrogens (tertiary/aromatic N) is 3. The van der Waals surface area contributed by atoms with Gasteiger partial charge in [0.2, 0.25) is 5.91 Å². The normalized spacial score (nSPS) is 20.9. The Morgan fingerprint density at radius 3 is 2.40 bits per heavy atom. The summed E-state index contributed by atoms with van der Waals surface area (Å²) in [4.78, 5) is 31.6. The molecule has 0 bridgehead atoms. The summed E-state index contributed by atoms with van der Waals surface area (Å²) in [5, 5.41) is 0. The number of hydrogen-bond donors (Lipinski definition) is 0. The summed E-state index contributed by atoms with van der Waals surface area (Å²) in [5.74, 6) is -0.0545. The van der Waals surface area contributed by atoms with E-state index in [0.29, 0.717) is 45.2 Å². The molecule has 0 N–H and O–H groups in total. The maximum absolute atomic E-state index is 13.1. The summed E-state index contributed by atoms with van der Waals surface area (Å²) in [7, 11) is -3.48. The SMILES string of the molecule is CCCS(=O)(=O)c1ccccc1C(=O)N1CCN(CC(=O)N2CCCCC2C)CC1. The number of carbonyl (C=O) groups excluding carboxylic acids is 2. The van der Waals surface area contributed by atoms with E-state index in [1.807, 2.05) is 11.8 Å². The number of piperazine rings is 1. The fraction of sp³-hybridized carbons (Fsp3) is 0.636. The van der Waals surface area contributed by atoms with Crippen LogP contribution >= 0.6 is 0 Å². The standard InChI is InChI=1S/C22H33N3O4S/c1-3-16-30(28,29)20-10-5-4-9-19(20)22(27)24-14-12-23(13-15-24)17-21(26)25-11-7-6-8-18(25)2/h4-5,9-10,18H,3,6-8,11-17H2,1-2H3. The smallest absolute Gasteiger partial charge is 0.255 e. The molecule has 1 unspecified atom stereocenters. The first-order valence-electron chi connectivity index (χ1n) is 11.0. The van der Waals surface area contributed by atoms with Crippen molar-refractivity contribution in [2.45, 2.75) is 50.5 Å². The Bertz CT molecular complexity index is 863. The van der Waals surface area contributed by atoms with Crippen LogP contribution in [0.5, 0.6) is 0 Å². The largest absolute Gasteiger partial charge is 0.339 e. The number of rotatable bonds is 6. The maximum Gasteiger partial charge on any atom is 0.255 e. The van der Waals surface area contributed by atoms with Crippen LogP contribution in [0.3, 0.4) is 0 Å². The lowest BCUT2D eigenvalue weighted by Crippen LogP contribution is -2.53. The van der Waals surface area contributed by atoms with Gasteiger partial charge in [-0.25, -0.2) is 8.42 Å². The molecular weight excluding hydrogens is 402 g/mol. The third-order valence-corrected chi connectivity index (χ3v) is 8.04. The Labute approximate surface area is 179 Å². The van der Waals surface area contributed by atoms with Gasteiger partial charge < -0.3 is 9.80 Å². The van der Waals surface area contributed by atoms with E-state index in [9.17, 15) is 18.0 Å². The van der Waals surface area contributed by atoms with Crippen molar-refractivity contribution in [3.8, 4) is 0 Å². The van der Waals surface area contributed by atoms with E-state index in [2.05, 4.69) is 11.8 Å². The van der Waals surface area contributed by atoms with E-state index in [0.717, 1.165) is 19.4 Å². The van der Waals surface area contributed by atoms with E-state index in [1.165, 1.54) is 12.5 Å². The Morgan fingerprint density at radius 1 is 1.03 bits per heavy atom. The zero-order valence-electron chi connectivity index (χ0n) is 18.0. The van der Waals surface area contributed by atoms with Crippen molar-refractivity contribution in [1.29, 1.82) is 0 Å². The molecule has 0 spiro atoms. The second kappa shape index (κ2) is 9.92. The zero-order chi connectivity index (χ0) is 21.7. The summed E-state index contributed by atoms with van der Waals surface area (Å²) < 4.78 is 25.1. The second-order valence-corrected chi connectivity index (χ2v) is 10.4. The predicted octanol–water partition coefficient (Wildman–Crippen LogP) is 2.03. The number of sulfone groups is 1. The number of amides is 2. The maximum atomic E-state index is 13.1. The van der Waals surface area contributed by atoms with Crippen molar-refractivity contribution in [3.63, 3.8) is 0 Å². The topological polar surface area (TPSA) is 78.0 Å². The molecule has 0 aliphatic carbocycles. The highest BCUT2D eigenvalue weighted by Gasteiger charge is 2.29. The minimum absolute atomic E-state index is 0.0299. The lowest BCUT2D eigenvalue weighted by Gasteiger charge is -2.38. The Morgan fingerprint density at radius 2 is 1.73 bits per heavy atom. The molecule has 2 amide bonds. The highest BCUT2D eigenvalue weighted by Crippen LogP contribution is 2.21. The molecule has 8 heteroatoms. The lowest BCUT2D eigenvalue weighted by molar-refractivity contribution is -0.136. The van der Waals surface area contributed by atoms with Gasteiger partial charge in [0.25, 0.3) is 5.91 Å². The van der Waals surface area contributed by atoms with E-state index >= 15 is 0 Å². The average Bonchev–Trinajstić information content (AvgIpc) is 2.74. The molecule has 2 aliphatic rings. The van der Waals surface area contributed by atoms with Crippen molar-refractivity contribution in [2.75, 3.05) is 45.0 Å². The third kappa shape index (κ3) is 5.21. The summed E-state index contributed by atoms with van der Waals surface area (Å²) in [6, 6.07) is 6.78. The first kappa shape index (κ1) is 22.7. The van der Waals surface area contributed by atoms with Crippen LogP contribution in [-0.4, -0.2) is 86.0 Å². The van der Waals surface area contributed by atoms with E-state index in [1.54, 1.807) is 23.1 Å². The molecule has 1 atom stereocenters. The number of hydrogen-bond acceptors (Lipinski definition) is 5. The Hall–Kier alpha value is -1.93. The third-order valence-electron chi connectivity index (χ3n) is 6.07. The Kier molecular flexibility index (Phi) is 7.52. The molecule has 3 rings (SSSR count). The van der Waals surface area contributed by atoms with Crippen molar-refractivity contribution in [3.05, 3.63) is 29.8 Å². The second-order valence-electron chi connectivity index (χ2n) is 8.32. The van der Waals surface area contributed by atoms with Crippen molar-refractivity contribution in [2.24, 2.45) is 0 Å². The van der Waals surface area contributed by atoms with Gasteiger partial charge in [-0.1, -0.05) is 19.1 Å². The van der Waals surface area contributed by atoms with E-state index in [4.69, 9.17) is 0 Å². The van der Waals surface area contributed by atoms with Crippen LogP contribution in [0.2, 0.25) is 0 Å². The first-order valence-corrected chi connectivity index (χ1v) is 12.6. The lowest BCUT2D eigenvalue weighted by atomic mass is 10.0.